The molecule has 1 heterocycles. The lowest BCUT2D eigenvalue weighted by Gasteiger charge is -2.35. The molecule has 0 fully saturated rings. The number of nitrogens with zero attached hydrogens (tertiary/aromatic N) is 1. The van der Waals surface area contributed by atoms with E-state index in [2.05, 4.69) is 28.4 Å². The van der Waals surface area contributed by atoms with Crippen LogP contribution in [0.15, 0.2) is 48.5 Å². The maximum absolute atomic E-state index is 12.6. The lowest BCUT2D eigenvalue weighted by atomic mass is 10.00. The first-order valence-electron chi connectivity index (χ1n) is 8.94. The first-order chi connectivity index (χ1) is 12.2. The van der Waals surface area contributed by atoms with Crippen LogP contribution in [0, 0.1) is 0 Å². The molecule has 2 aromatic rings. The van der Waals surface area contributed by atoms with E-state index in [4.69, 9.17) is 4.74 Å². The number of aryl methyl sites for hydroxylation is 1. The predicted octanol–water partition coefficient (Wildman–Crippen LogP) is 3.20. The van der Waals surface area contributed by atoms with Crippen LogP contribution in [-0.4, -0.2) is 32.1 Å². The smallest absolute Gasteiger partial charge is 0.242 e. The van der Waals surface area contributed by atoms with Crippen molar-refractivity contribution in [3.63, 3.8) is 0 Å². The van der Waals surface area contributed by atoms with Crippen molar-refractivity contribution in [3.05, 3.63) is 59.7 Å². The maximum Gasteiger partial charge on any atom is 0.242 e. The Hall–Kier alpha value is -2.49. The van der Waals surface area contributed by atoms with Crippen LogP contribution in [0.4, 0.5) is 5.69 Å². The third-order valence-corrected chi connectivity index (χ3v) is 4.87. The van der Waals surface area contributed by atoms with E-state index in [1.807, 2.05) is 37.3 Å². The van der Waals surface area contributed by atoms with Gasteiger partial charge in [0.1, 0.15) is 11.8 Å². The number of benzene rings is 2. The van der Waals surface area contributed by atoms with Crippen LogP contribution in [0.3, 0.4) is 0 Å². The number of rotatable bonds is 6. The second-order valence-corrected chi connectivity index (χ2v) is 6.49. The Bertz CT molecular complexity index is 712. The Morgan fingerprint density at radius 1 is 1.20 bits per heavy atom. The van der Waals surface area contributed by atoms with Gasteiger partial charge in [0.2, 0.25) is 5.91 Å². The molecule has 3 rings (SSSR count). The summed E-state index contributed by atoms with van der Waals surface area (Å²) >= 11 is 0. The summed E-state index contributed by atoms with van der Waals surface area (Å²) in [6, 6.07) is 16.2. The van der Waals surface area contributed by atoms with E-state index in [9.17, 15) is 4.79 Å². The number of ether oxygens (including phenoxy) is 1. The second kappa shape index (κ2) is 8.06. The van der Waals surface area contributed by atoms with Crippen molar-refractivity contribution >= 4 is 11.6 Å². The molecule has 1 aliphatic rings. The van der Waals surface area contributed by atoms with Crippen molar-refractivity contribution in [2.24, 2.45) is 0 Å². The van der Waals surface area contributed by atoms with Crippen molar-refractivity contribution in [2.75, 3.05) is 25.1 Å². The molecule has 0 aliphatic carbocycles. The summed E-state index contributed by atoms with van der Waals surface area (Å²) in [5.74, 6) is 0.940. The number of para-hydroxylation sites is 1. The molecule has 1 atom stereocenters. The SMILES string of the molecule is COc1ccc(CCNC(=O)C(C)N2CCCc3ccccc32)cc1. The van der Waals surface area contributed by atoms with Gasteiger partial charge >= 0.3 is 0 Å². The average Bonchev–Trinajstić information content (AvgIpc) is 2.67. The molecular formula is C21H26N2O2. The van der Waals surface area contributed by atoms with Gasteiger partial charge in [0, 0.05) is 18.8 Å². The van der Waals surface area contributed by atoms with Crippen LogP contribution < -0.4 is 15.0 Å². The zero-order valence-electron chi connectivity index (χ0n) is 15.0. The van der Waals surface area contributed by atoms with E-state index in [1.54, 1.807) is 7.11 Å². The fourth-order valence-electron chi connectivity index (χ4n) is 3.38. The van der Waals surface area contributed by atoms with Gasteiger partial charge in [-0.25, -0.2) is 0 Å². The molecule has 25 heavy (non-hydrogen) atoms. The predicted molar refractivity (Wildman–Crippen MR) is 101 cm³/mol. The highest BCUT2D eigenvalue weighted by Crippen LogP contribution is 2.28. The Morgan fingerprint density at radius 2 is 1.96 bits per heavy atom. The molecule has 4 heteroatoms. The molecule has 0 radical (unpaired) electrons. The molecule has 0 bridgehead atoms. The van der Waals surface area contributed by atoms with E-state index >= 15 is 0 Å². The molecule has 0 spiro atoms. The van der Waals surface area contributed by atoms with Gasteiger partial charge in [-0.05, 0) is 55.5 Å². The minimum Gasteiger partial charge on any atom is -0.497 e. The van der Waals surface area contributed by atoms with Crippen LogP contribution in [0.5, 0.6) is 5.75 Å². The normalized spacial score (nSPS) is 14.6. The molecule has 4 nitrogen and oxygen atoms in total. The third-order valence-electron chi connectivity index (χ3n) is 4.87. The highest BCUT2D eigenvalue weighted by molar-refractivity contribution is 5.85. The van der Waals surface area contributed by atoms with Gasteiger partial charge in [0.15, 0.2) is 0 Å². The van der Waals surface area contributed by atoms with Crippen molar-refractivity contribution in [1.29, 1.82) is 0 Å². The fraction of sp³-hybridized carbons (Fsp3) is 0.381. The summed E-state index contributed by atoms with van der Waals surface area (Å²) in [4.78, 5) is 14.8. The summed E-state index contributed by atoms with van der Waals surface area (Å²) in [6.45, 7) is 3.57. The molecule has 0 saturated heterocycles. The van der Waals surface area contributed by atoms with Gasteiger partial charge in [-0.1, -0.05) is 30.3 Å². The van der Waals surface area contributed by atoms with Crippen molar-refractivity contribution in [3.8, 4) is 5.75 Å². The highest BCUT2D eigenvalue weighted by atomic mass is 16.5. The van der Waals surface area contributed by atoms with Crippen LogP contribution in [-0.2, 0) is 17.6 Å². The highest BCUT2D eigenvalue weighted by Gasteiger charge is 2.25. The summed E-state index contributed by atoms with van der Waals surface area (Å²) in [5.41, 5.74) is 3.73. The van der Waals surface area contributed by atoms with Crippen LogP contribution in [0.25, 0.3) is 0 Å². The largest absolute Gasteiger partial charge is 0.497 e. The van der Waals surface area contributed by atoms with E-state index in [1.165, 1.54) is 16.8 Å². The minimum absolute atomic E-state index is 0.0882. The molecular weight excluding hydrogens is 312 g/mol. The van der Waals surface area contributed by atoms with Gasteiger partial charge in [-0.3, -0.25) is 4.79 Å². The molecule has 132 valence electrons. The zero-order chi connectivity index (χ0) is 17.6. The number of carbonyl (C=O) groups excluding carboxylic acids is 1. The second-order valence-electron chi connectivity index (χ2n) is 6.49. The van der Waals surface area contributed by atoms with E-state index in [0.29, 0.717) is 6.54 Å². The Kier molecular flexibility index (Phi) is 5.59. The monoisotopic (exact) mass is 338 g/mol. The number of methoxy groups -OCH3 is 1. The number of anilines is 1. The molecule has 1 amide bonds. The summed E-state index contributed by atoms with van der Waals surface area (Å²) < 4.78 is 5.16. The number of nitrogens with one attached hydrogen (secondary N) is 1. The van der Waals surface area contributed by atoms with Gasteiger partial charge in [0.25, 0.3) is 0 Å². The Morgan fingerprint density at radius 3 is 2.72 bits per heavy atom. The quantitative estimate of drug-likeness (QED) is 0.879. The lowest BCUT2D eigenvalue weighted by molar-refractivity contribution is -0.122. The van der Waals surface area contributed by atoms with Crippen LogP contribution in [0.1, 0.15) is 24.5 Å². The third kappa shape index (κ3) is 4.13. The first-order valence-corrected chi connectivity index (χ1v) is 8.94. The zero-order valence-corrected chi connectivity index (χ0v) is 15.0. The standard InChI is InChI=1S/C21H26N2O2/c1-16(23-15-5-7-18-6-3-4-8-20(18)23)21(24)22-14-13-17-9-11-19(25-2)12-10-17/h3-4,6,8-12,16H,5,7,13-15H2,1-2H3,(H,22,24). The van der Waals surface area contributed by atoms with Crippen molar-refractivity contribution < 1.29 is 9.53 Å². The number of carbonyl (C=O) groups is 1. The van der Waals surface area contributed by atoms with Gasteiger partial charge < -0.3 is 15.0 Å². The Labute approximate surface area is 149 Å². The molecule has 0 saturated carbocycles. The Balaban J connectivity index is 1.54. The summed E-state index contributed by atoms with van der Waals surface area (Å²) in [6.07, 6.45) is 3.01. The number of hydrogen-bond acceptors (Lipinski definition) is 3. The number of hydrogen-bond donors (Lipinski definition) is 1. The first kappa shape index (κ1) is 17.3. The number of amides is 1. The number of fused-ring (bicyclic) bond motifs is 1. The van der Waals surface area contributed by atoms with Gasteiger partial charge in [-0.15, -0.1) is 0 Å². The van der Waals surface area contributed by atoms with Crippen molar-refractivity contribution in [2.45, 2.75) is 32.2 Å². The molecule has 1 unspecified atom stereocenters. The molecule has 0 aromatic heterocycles. The van der Waals surface area contributed by atoms with Gasteiger partial charge in [0.05, 0.1) is 7.11 Å². The fourth-order valence-corrected chi connectivity index (χ4v) is 3.38. The topological polar surface area (TPSA) is 41.6 Å². The molecule has 1 N–H and O–H groups in total. The summed E-state index contributed by atoms with van der Waals surface area (Å²) in [5, 5.41) is 3.08. The summed E-state index contributed by atoms with van der Waals surface area (Å²) in [7, 11) is 1.66. The van der Waals surface area contributed by atoms with E-state index in [0.717, 1.165) is 31.6 Å². The lowest BCUT2D eigenvalue weighted by Crippen LogP contribution is -2.47. The van der Waals surface area contributed by atoms with Crippen LogP contribution in [0.2, 0.25) is 0 Å². The van der Waals surface area contributed by atoms with E-state index in [-0.39, 0.29) is 11.9 Å². The maximum atomic E-state index is 12.6. The van der Waals surface area contributed by atoms with Crippen molar-refractivity contribution in [1.82, 2.24) is 5.32 Å². The molecule has 1 aliphatic heterocycles. The average molecular weight is 338 g/mol. The molecule has 2 aromatic carbocycles. The van der Waals surface area contributed by atoms with E-state index < -0.39 is 0 Å². The minimum atomic E-state index is -0.155. The van der Waals surface area contributed by atoms with Gasteiger partial charge in [-0.2, -0.15) is 0 Å². The van der Waals surface area contributed by atoms with Crippen LogP contribution >= 0.6 is 0 Å².